The van der Waals surface area contributed by atoms with Gasteiger partial charge in [0.25, 0.3) is 10.1 Å². The van der Waals surface area contributed by atoms with Crippen molar-refractivity contribution in [3.8, 4) is 0 Å². The molecule has 0 unspecified atom stereocenters. The molecule has 1 N–H and O–H groups in total. The van der Waals surface area contributed by atoms with Gasteiger partial charge in [0.1, 0.15) is 0 Å². The lowest BCUT2D eigenvalue weighted by atomic mass is 9.96. The summed E-state index contributed by atoms with van der Waals surface area (Å²) in [5.41, 5.74) is 2.05. The molecule has 2 aromatic rings. The summed E-state index contributed by atoms with van der Waals surface area (Å²) in [5.74, 6) is 0. The molecular weight excluding hydrogens is 392 g/mol. The topological polar surface area (TPSA) is 54.4 Å². The third-order valence-electron chi connectivity index (χ3n) is 6.03. The Morgan fingerprint density at radius 1 is 0.700 bits per heavy atom. The number of aryl methyl sites for hydroxylation is 2. The zero-order valence-corrected chi connectivity index (χ0v) is 19.8. The standard InChI is InChI=1S/C26H40O3S/c1-3-5-7-9-11-13-15-22-17-18-23-19-20-26(30(27,28)29)24(25(23)21-22)16-14-12-10-8-6-4-2/h17-21H,3-16H2,1-2H3,(H,27,28,29). The lowest BCUT2D eigenvalue weighted by molar-refractivity contribution is 0.482. The Labute approximate surface area is 184 Å². The van der Waals surface area contributed by atoms with Crippen LogP contribution in [0.25, 0.3) is 10.8 Å². The molecule has 168 valence electrons. The van der Waals surface area contributed by atoms with Crippen LogP contribution in [-0.2, 0) is 23.0 Å². The summed E-state index contributed by atoms with van der Waals surface area (Å²) >= 11 is 0. The first-order chi connectivity index (χ1) is 14.5. The Morgan fingerprint density at radius 2 is 1.23 bits per heavy atom. The van der Waals surface area contributed by atoms with Crippen molar-refractivity contribution in [2.45, 2.75) is 109 Å². The van der Waals surface area contributed by atoms with E-state index in [1.54, 1.807) is 6.07 Å². The molecule has 0 atom stereocenters. The van der Waals surface area contributed by atoms with Crippen molar-refractivity contribution in [2.75, 3.05) is 0 Å². The van der Waals surface area contributed by atoms with Crippen molar-refractivity contribution in [3.05, 3.63) is 41.5 Å². The number of fused-ring (bicyclic) bond motifs is 1. The van der Waals surface area contributed by atoms with Gasteiger partial charge in [0.15, 0.2) is 0 Å². The van der Waals surface area contributed by atoms with Crippen LogP contribution < -0.4 is 0 Å². The third kappa shape index (κ3) is 8.03. The van der Waals surface area contributed by atoms with E-state index in [1.807, 2.05) is 6.07 Å². The minimum atomic E-state index is -4.22. The van der Waals surface area contributed by atoms with Crippen LogP contribution in [0.1, 0.15) is 102 Å². The van der Waals surface area contributed by atoms with E-state index in [0.29, 0.717) is 6.42 Å². The van der Waals surface area contributed by atoms with Crippen molar-refractivity contribution >= 4 is 20.9 Å². The molecule has 0 spiro atoms. The van der Waals surface area contributed by atoms with Crippen molar-refractivity contribution < 1.29 is 13.0 Å². The van der Waals surface area contributed by atoms with E-state index in [-0.39, 0.29) is 4.90 Å². The molecule has 0 aliphatic rings. The molecule has 3 nitrogen and oxygen atoms in total. The molecule has 0 saturated carbocycles. The van der Waals surface area contributed by atoms with E-state index in [9.17, 15) is 13.0 Å². The molecular formula is C26H40O3S. The molecule has 0 aromatic heterocycles. The second kappa shape index (κ2) is 13.1. The van der Waals surface area contributed by atoms with Crippen LogP contribution in [0.15, 0.2) is 35.2 Å². The maximum absolute atomic E-state index is 12.0. The molecule has 0 bridgehead atoms. The van der Waals surface area contributed by atoms with Crippen LogP contribution in [0, 0.1) is 0 Å². The normalized spacial score (nSPS) is 12.0. The van der Waals surface area contributed by atoms with Gasteiger partial charge in [0, 0.05) is 0 Å². The lowest BCUT2D eigenvalue weighted by Crippen LogP contribution is -2.04. The minimum Gasteiger partial charge on any atom is -0.282 e. The van der Waals surface area contributed by atoms with Gasteiger partial charge in [0.05, 0.1) is 4.90 Å². The van der Waals surface area contributed by atoms with Crippen LogP contribution >= 0.6 is 0 Å². The van der Waals surface area contributed by atoms with Crippen LogP contribution in [0.2, 0.25) is 0 Å². The molecule has 0 saturated heterocycles. The number of hydrogen-bond donors (Lipinski definition) is 1. The van der Waals surface area contributed by atoms with Gasteiger partial charge in [-0.25, -0.2) is 0 Å². The molecule has 0 aliphatic carbocycles. The molecule has 0 fully saturated rings. The van der Waals surface area contributed by atoms with E-state index in [1.165, 1.54) is 69.8 Å². The van der Waals surface area contributed by atoms with E-state index < -0.39 is 10.1 Å². The zero-order valence-electron chi connectivity index (χ0n) is 19.0. The van der Waals surface area contributed by atoms with Crippen molar-refractivity contribution in [1.29, 1.82) is 0 Å². The Balaban J connectivity index is 2.14. The van der Waals surface area contributed by atoms with Gasteiger partial charge in [-0.05, 0) is 53.6 Å². The number of hydrogen-bond acceptors (Lipinski definition) is 2. The summed E-state index contributed by atoms with van der Waals surface area (Å²) < 4.78 is 33.8. The van der Waals surface area contributed by atoms with Crippen LogP contribution in [-0.4, -0.2) is 13.0 Å². The van der Waals surface area contributed by atoms with Gasteiger partial charge in [-0.2, -0.15) is 8.42 Å². The highest BCUT2D eigenvalue weighted by atomic mass is 32.2. The molecule has 0 radical (unpaired) electrons. The quantitative estimate of drug-likeness (QED) is 0.230. The van der Waals surface area contributed by atoms with Crippen LogP contribution in [0.4, 0.5) is 0 Å². The van der Waals surface area contributed by atoms with Crippen LogP contribution in [0.3, 0.4) is 0 Å². The molecule has 2 rings (SSSR count). The minimum absolute atomic E-state index is 0.0836. The zero-order chi connectivity index (χ0) is 21.8. The molecule has 2 aromatic carbocycles. The number of benzene rings is 2. The fourth-order valence-corrected chi connectivity index (χ4v) is 5.02. The fraction of sp³-hybridized carbons (Fsp3) is 0.615. The highest BCUT2D eigenvalue weighted by molar-refractivity contribution is 7.85. The largest absolute Gasteiger partial charge is 0.294 e. The van der Waals surface area contributed by atoms with Gasteiger partial charge in [-0.1, -0.05) is 102 Å². The maximum Gasteiger partial charge on any atom is 0.294 e. The van der Waals surface area contributed by atoms with Gasteiger partial charge >= 0.3 is 0 Å². The average Bonchev–Trinajstić information content (AvgIpc) is 2.72. The number of unbranched alkanes of at least 4 members (excludes halogenated alkanes) is 10. The highest BCUT2D eigenvalue weighted by Gasteiger charge is 2.18. The Bertz CT molecular complexity index is 871. The monoisotopic (exact) mass is 432 g/mol. The van der Waals surface area contributed by atoms with E-state index in [0.717, 1.165) is 35.6 Å². The predicted octanol–water partition coefficient (Wildman–Crippen LogP) is 7.89. The fourth-order valence-electron chi connectivity index (χ4n) is 4.26. The smallest absolute Gasteiger partial charge is 0.282 e. The van der Waals surface area contributed by atoms with Gasteiger partial charge in [-0.3, -0.25) is 4.55 Å². The maximum atomic E-state index is 12.0. The molecule has 4 heteroatoms. The summed E-state index contributed by atoms with van der Waals surface area (Å²) in [6.45, 7) is 4.44. The summed E-state index contributed by atoms with van der Waals surface area (Å²) in [5, 5.41) is 2.04. The van der Waals surface area contributed by atoms with E-state index in [4.69, 9.17) is 0 Å². The van der Waals surface area contributed by atoms with Crippen molar-refractivity contribution in [3.63, 3.8) is 0 Å². The van der Waals surface area contributed by atoms with Gasteiger partial charge in [0.2, 0.25) is 0 Å². The first-order valence-electron chi connectivity index (χ1n) is 12.0. The summed E-state index contributed by atoms with van der Waals surface area (Å²) in [6.07, 6.45) is 16.3. The molecule has 30 heavy (non-hydrogen) atoms. The Morgan fingerprint density at radius 3 is 1.83 bits per heavy atom. The summed E-state index contributed by atoms with van der Waals surface area (Å²) in [7, 11) is -4.22. The Kier molecular flexibility index (Phi) is 10.9. The first-order valence-corrected chi connectivity index (χ1v) is 13.4. The molecule has 0 aliphatic heterocycles. The van der Waals surface area contributed by atoms with E-state index >= 15 is 0 Å². The SMILES string of the molecule is CCCCCCCCc1ccc2ccc(S(=O)(=O)O)c(CCCCCCCC)c2c1. The Hall–Kier alpha value is -1.39. The molecule has 0 amide bonds. The summed E-state index contributed by atoms with van der Waals surface area (Å²) in [4.78, 5) is 0.0836. The first kappa shape index (κ1) is 24.9. The number of rotatable bonds is 15. The van der Waals surface area contributed by atoms with Gasteiger partial charge in [-0.15, -0.1) is 0 Å². The van der Waals surface area contributed by atoms with Crippen molar-refractivity contribution in [2.24, 2.45) is 0 Å². The molecule has 0 heterocycles. The van der Waals surface area contributed by atoms with Crippen molar-refractivity contribution in [1.82, 2.24) is 0 Å². The predicted molar refractivity (Wildman–Crippen MR) is 128 cm³/mol. The van der Waals surface area contributed by atoms with Gasteiger partial charge < -0.3 is 0 Å². The highest BCUT2D eigenvalue weighted by Crippen LogP contribution is 2.29. The third-order valence-corrected chi connectivity index (χ3v) is 6.97. The second-order valence-corrected chi connectivity index (χ2v) is 10.00. The average molecular weight is 433 g/mol. The van der Waals surface area contributed by atoms with Crippen LogP contribution in [0.5, 0.6) is 0 Å². The summed E-state index contributed by atoms with van der Waals surface area (Å²) in [6, 6.07) is 9.80. The second-order valence-electron chi connectivity index (χ2n) is 8.61. The lowest BCUT2D eigenvalue weighted by Gasteiger charge is -2.13. The van der Waals surface area contributed by atoms with E-state index in [2.05, 4.69) is 32.0 Å².